The third-order valence-electron chi connectivity index (χ3n) is 10.1. The zero-order valence-corrected chi connectivity index (χ0v) is 27.3. The Kier molecular flexibility index (Phi) is 9.07. The Morgan fingerprint density at radius 2 is 1.83 bits per heavy atom. The summed E-state index contributed by atoms with van der Waals surface area (Å²) in [6.07, 6.45) is 5.44. The quantitative estimate of drug-likeness (QED) is 0.279. The maximum absolute atomic E-state index is 15.0. The van der Waals surface area contributed by atoms with Gasteiger partial charge in [-0.3, -0.25) is 14.4 Å². The molecule has 3 fully saturated rings. The lowest BCUT2D eigenvalue weighted by molar-refractivity contribution is -0.147. The predicted molar refractivity (Wildman–Crippen MR) is 180 cm³/mol. The molecule has 3 saturated heterocycles. The van der Waals surface area contributed by atoms with Gasteiger partial charge in [-0.15, -0.1) is 30.0 Å². The Balaban J connectivity index is 1.42. The zero-order chi connectivity index (χ0) is 32.6. The maximum Gasteiger partial charge on any atom is 0.248 e. The van der Waals surface area contributed by atoms with E-state index in [4.69, 9.17) is 0 Å². The number of aliphatic hydroxyl groups is 1. The van der Waals surface area contributed by atoms with Crippen molar-refractivity contribution in [1.82, 2.24) is 24.8 Å². The van der Waals surface area contributed by atoms with E-state index in [2.05, 4.69) is 23.5 Å². The summed E-state index contributed by atoms with van der Waals surface area (Å²) in [6, 6.07) is 15.6. The number of rotatable bonds is 13. The van der Waals surface area contributed by atoms with Crippen LogP contribution in [0, 0.1) is 17.8 Å². The highest BCUT2D eigenvalue weighted by molar-refractivity contribution is 8.02. The van der Waals surface area contributed by atoms with Gasteiger partial charge < -0.3 is 19.8 Å². The number of hydrogen-bond acceptors (Lipinski definition) is 7. The van der Waals surface area contributed by atoms with Gasteiger partial charge >= 0.3 is 0 Å². The Labute approximate surface area is 274 Å². The van der Waals surface area contributed by atoms with Crippen molar-refractivity contribution < 1.29 is 19.5 Å². The third kappa shape index (κ3) is 5.13. The van der Waals surface area contributed by atoms with Crippen molar-refractivity contribution in [3.05, 3.63) is 79.9 Å². The van der Waals surface area contributed by atoms with Crippen molar-refractivity contribution in [2.24, 2.45) is 17.8 Å². The van der Waals surface area contributed by atoms with Crippen molar-refractivity contribution in [2.45, 2.75) is 61.9 Å². The van der Waals surface area contributed by atoms with E-state index in [-0.39, 0.29) is 48.7 Å². The number of nitrogens with zero attached hydrogens (tertiary/aromatic N) is 6. The molecule has 242 valence electrons. The molecule has 3 amide bonds. The summed E-state index contributed by atoms with van der Waals surface area (Å²) in [6.45, 7) is 12.2. The van der Waals surface area contributed by atoms with E-state index in [1.54, 1.807) is 43.3 Å². The maximum atomic E-state index is 15.0. The van der Waals surface area contributed by atoms with Crippen molar-refractivity contribution in [2.75, 3.05) is 24.6 Å². The lowest BCUT2D eigenvalue weighted by Gasteiger charge is -2.41. The molecule has 3 aliphatic heterocycles. The molecule has 2 unspecified atom stereocenters. The summed E-state index contributed by atoms with van der Waals surface area (Å²) < 4.78 is 0.879. The summed E-state index contributed by atoms with van der Waals surface area (Å²) in [4.78, 5) is 49.3. The molecule has 2 aromatic carbocycles. The van der Waals surface area contributed by atoms with Crippen molar-refractivity contribution in [1.29, 1.82) is 0 Å². The van der Waals surface area contributed by atoms with Crippen LogP contribution in [0.15, 0.2) is 79.9 Å². The smallest absolute Gasteiger partial charge is 0.248 e. The molecule has 3 aliphatic rings. The van der Waals surface area contributed by atoms with Gasteiger partial charge in [0.15, 0.2) is 0 Å². The Morgan fingerprint density at radius 3 is 2.52 bits per heavy atom. The topological polar surface area (TPSA) is 112 Å². The summed E-state index contributed by atoms with van der Waals surface area (Å²) in [5, 5.41) is 19.2. The molecule has 11 heteroatoms. The van der Waals surface area contributed by atoms with Gasteiger partial charge in [0.2, 0.25) is 17.7 Å². The first-order chi connectivity index (χ1) is 22.3. The van der Waals surface area contributed by atoms with Crippen LogP contribution in [-0.4, -0.2) is 89.4 Å². The summed E-state index contributed by atoms with van der Waals surface area (Å²) in [7, 11) is 0. The monoisotopic (exact) mass is 642 g/mol. The molecule has 3 aromatic rings. The highest BCUT2D eigenvalue weighted by Crippen LogP contribution is 2.67. The minimum atomic E-state index is -0.858. The van der Waals surface area contributed by atoms with Crippen LogP contribution in [0.2, 0.25) is 0 Å². The largest absolute Gasteiger partial charge is 0.394 e. The standard InChI is InChI=1S/C35H42N6O4S/c1-5-19-38(22-40-26-16-12-11-15-25(26)36-37-40)34(45)31-35-18-17-28(46-35)29(30(35)33(44)41(31)27(21-42)23(4)7-3)32(43)39(20-6-2)24-13-9-8-10-14-24/h5-6,8-16,23,27-31,42H,1-2,7,17-22H2,3-4H3/t23-,27-,28+,29-,30-,31?,35?/m0/s1. The molecule has 2 bridgehead atoms. The number of aliphatic hydroxyl groups excluding tert-OH is 1. The van der Waals surface area contributed by atoms with Crippen LogP contribution in [0.5, 0.6) is 0 Å². The summed E-state index contributed by atoms with van der Waals surface area (Å²) >= 11 is 1.63. The lowest BCUT2D eigenvalue weighted by Crippen LogP contribution is -2.58. The highest BCUT2D eigenvalue weighted by Gasteiger charge is 2.74. The molecule has 0 radical (unpaired) electrons. The summed E-state index contributed by atoms with van der Waals surface area (Å²) in [5.74, 6) is -1.94. The molecule has 1 N–H and O–H groups in total. The van der Waals surface area contributed by atoms with Gasteiger partial charge in [-0.25, -0.2) is 4.68 Å². The number of thioether (sulfide) groups is 1. The Bertz CT molecular complexity index is 1630. The molecule has 10 nitrogen and oxygen atoms in total. The van der Waals surface area contributed by atoms with Gasteiger partial charge in [0.05, 0.1) is 34.7 Å². The van der Waals surface area contributed by atoms with Gasteiger partial charge in [0.1, 0.15) is 18.2 Å². The Hall–Kier alpha value is -3.96. The molecule has 6 rings (SSSR count). The number of amides is 3. The van der Waals surface area contributed by atoms with E-state index in [1.165, 1.54) is 0 Å². The van der Waals surface area contributed by atoms with Crippen LogP contribution in [0.4, 0.5) is 5.69 Å². The molecular weight excluding hydrogens is 600 g/mol. The molecule has 46 heavy (non-hydrogen) atoms. The fourth-order valence-corrected chi connectivity index (χ4v) is 9.99. The van der Waals surface area contributed by atoms with Gasteiger partial charge in [-0.2, -0.15) is 0 Å². The first kappa shape index (κ1) is 32.0. The van der Waals surface area contributed by atoms with Crippen LogP contribution in [0.25, 0.3) is 11.0 Å². The van der Waals surface area contributed by atoms with Gasteiger partial charge in [0.25, 0.3) is 0 Å². The van der Waals surface area contributed by atoms with Gasteiger partial charge in [-0.1, -0.05) is 68.0 Å². The average Bonchev–Trinajstić information content (AvgIpc) is 3.83. The first-order valence-corrected chi connectivity index (χ1v) is 16.9. The van der Waals surface area contributed by atoms with Crippen LogP contribution >= 0.6 is 11.8 Å². The zero-order valence-electron chi connectivity index (χ0n) is 26.4. The SMILES string of the molecule is C=CCN(Cn1nnc2ccccc21)C(=O)C1N([C@@H](CO)[C@@H](C)CC)C(=O)[C@@H]2[C@@H](C(=O)N(CC=C)c3ccccc3)[C@H]3CCC12S3. The number of carbonyl (C=O) groups is 3. The molecule has 4 heterocycles. The number of para-hydroxylation sites is 2. The number of anilines is 1. The van der Waals surface area contributed by atoms with Crippen molar-refractivity contribution in [3.63, 3.8) is 0 Å². The lowest BCUT2D eigenvalue weighted by atomic mass is 9.70. The van der Waals surface area contributed by atoms with Crippen LogP contribution in [0.3, 0.4) is 0 Å². The van der Waals surface area contributed by atoms with Gasteiger partial charge in [-0.05, 0) is 43.0 Å². The Morgan fingerprint density at radius 1 is 1.11 bits per heavy atom. The molecule has 1 aromatic heterocycles. The number of hydrogen-bond donors (Lipinski definition) is 1. The highest BCUT2D eigenvalue weighted by atomic mass is 32.2. The van der Waals surface area contributed by atoms with Crippen molar-refractivity contribution >= 4 is 46.2 Å². The van der Waals surface area contributed by atoms with Crippen LogP contribution in [-0.2, 0) is 21.1 Å². The number of benzene rings is 2. The third-order valence-corrected chi connectivity index (χ3v) is 12.1. The normalized spacial score (nSPS) is 26.2. The van der Waals surface area contributed by atoms with E-state index in [9.17, 15) is 19.5 Å². The van der Waals surface area contributed by atoms with E-state index in [1.807, 2.05) is 68.4 Å². The summed E-state index contributed by atoms with van der Waals surface area (Å²) in [5.41, 5.74) is 2.25. The van der Waals surface area contributed by atoms with E-state index in [0.29, 0.717) is 19.4 Å². The fourth-order valence-electron chi connectivity index (χ4n) is 7.79. The van der Waals surface area contributed by atoms with Crippen LogP contribution < -0.4 is 4.90 Å². The minimum absolute atomic E-state index is 0.0653. The second-order valence-electron chi connectivity index (χ2n) is 12.6. The first-order valence-electron chi connectivity index (χ1n) is 16.1. The van der Waals surface area contributed by atoms with E-state index < -0.39 is 28.7 Å². The minimum Gasteiger partial charge on any atom is -0.394 e. The molecule has 0 saturated carbocycles. The molecule has 1 spiro atoms. The number of likely N-dealkylation sites (tertiary alicyclic amines) is 1. The second-order valence-corrected chi connectivity index (χ2v) is 14.2. The van der Waals surface area contributed by atoms with Crippen molar-refractivity contribution in [3.8, 4) is 0 Å². The number of aromatic nitrogens is 3. The molecule has 7 atom stereocenters. The molecule has 0 aliphatic carbocycles. The van der Waals surface area contributed by atoms with E-state index in [0.717, 1.165) is 23.1 Å². The number of carbonyl (C=O) groups excluding carboxylic acids is 3. The van der Waals surface area contributed by atoms with E-state index >= 15 is 0 Å². The average molecular weight is 643 g/mol. The van der Waals surface area contributed by atoms with Crippen LogP contribution in [0.1, 0.15) is 33.1 Å². The number of fused-ring (bicyclic) bond motifs is 2. The molecular formula is C35H42N6O4S. The fraction of sp³-hybridized carbons (Fsp3) is 0.457. The predicted octanol–water partition coefficient (Wildman–Crippen LogP) is 4.12. The van der Waals surface area contributed by atoms with Gasteiger partial charge in [0, 0.05) is 24.0 Å². The second kappa shape index (κ2) is 13.0.